The molecule has 0 amide bonds. The van der Waals surface area contributed by atoms with Crippen molar-refractivity contribution < 1.29 is 9.90 Å². The number of hydrogen-bond acceptors (Lipinski definition) is 4. The third-order valence-corrected chi connectivity index (χ3v) is 4.97. The lowest BCUT2D eigenvalue weighted by Gasteiger charge is -2.17. The molecule has 25 heavy (non-hydrogen) atoms. The number of nitrogens with zero attached hydrogens (tertiary/aromatic N) is 2. The summed E-state index contributed by atoms with van der Waals surface area (Å²) in [6.07, 6.45) is 0. The summed E-state index contributed by atoms with van der Waals surface area (Å²) in [6.45, 7) is 1.53. The number of para-hydroxylation sites is 1. The highest BCUT2D eigenvalue weighted by molar-refractivity contribution is 8.00. The fourth-order valence-electron chi connectivity index (χ4n) is 2.58. The lowest BCUT2D eigenvalue weighted by Crippen LogP contribution is -2.23. The van der Waals surface area contributed by atoms with E-state index in [-0.39, 0.29) is 5.56 Å². The summed E-state index contributed by atoms with van der Waals surface area (Å²) < 4.78 is 1.42. The number of hydrogen-bond donors (Lipinski definition) is 1. The first-order valence-electron chi connectivity index (χ1n) is 7.57. The second-order valence-corrected chi connectivity index (χ2v) is 6.74. The van der Waals surface area contributed by atoms with Crippen LogP contribution in [0.5, 0.6) is 0 Å². The highest BCUT2D eigenvalue weighted by Crippen LogP contribution is 2.32. The van der Waals surface area contributed by atoms with Gasteiger partial charge in [-0.15, -0.1) is 0 Å². The van der Waals surface area contributed by atoms with Crippen molar-refractivity contribution in [2.75, 3.05) is 0 Å². The standard InChI is InChI=1S/C19H14N2O3S/c1-12(19(23)24)25-18-16(11-20)14-9-5-6-10-15(14)17(22)21(18)13-7-3-2-4-8-13/h2-10,12H,1H3,(H,23,24). The second-order valence-electron chi connectivity index (χ2n) is 5.41. The van der Waals surface area contributed by atoms with E-state index < -0.39 is 11.2 Å². The molecule has 0 bridgehead atoms. The number of pyridine rings is 1. The Hall–Kier alpha value is -3.04. The number of carboxylic acid groups (broad SMARTS) is 1. The molecule has 3 aromatic rings. The monoisotopic (exact) mass is 350 g/mol. The highest BCUT2D eigenvalue weighted by atomic mass is 32.2. The number of aromatic nitrogens is 1. The molecule has 1 unspecified atom stereocenters. The van der Waals surface area contributed by atoms with Crippen LogP contribution in [0, 0.1) is 11.3 Å². The van der Waals surface area contributed by atoms with Crippen LogP contribution in [0.4, 0.5) is 0 Å². The van der Waals surface area contributed by atoms with E-state index in [0.717, 1.165) is 11.8 Å². The molecule has 0 saturated heterocycles. The van der Waals surface area contributed by atoms with E-state index in [1.807, 2.05) is 6.07 Å². The third kappa shape index (κ3) is 3.02. The predicted octanol–water partition coefficient (Wildman–Crippen LogP) is 3.43. The van der Waals surface area contributed by atoms with Crippen molar-refractivity contribution in [3.8, 4) is 11.8 Å². The molecule has 1 N–H and O–H groups in total. The van der Waals surface area contributed by atoms with Gasteiger partial charge in [-0.3, -0.25) is 14.2 Å². The van der Waals surface area contributed by atoms with E-state index >= 15 is 0 Å². The Bertz CT molecular complexity index is 1050. The van der Waals surface area contributed by atoms with Crippen LogP contribution < -0.4 is 5.56 Å². The van der Waals surface area contributed by atoms with Crippen LogP contribution in [0.1, 0.15) is 12.5 Å². The number of benzene rings is 2. The van der Waals surface area contributed by atoms with E-state index in [0.29, 0.717) is 27.0 Å². The average Bonchev–Trinajstić information content (AvgIpc) is 2.63. The maximum absolute atomic E-state index is 13.1. The first-order valence-corrected chi connectivity index (χ1v) is 8.45. The lowest BCUT2D eigenvalue weighted by molar-refractivity contribution is -0.136. The van der Waals surface area contributed by atoms with Crippen LogP contribution >= 0.6 is 11.8 Å². The molecule has 3 rings (SSSR count). The van der Waals surface area contributed by atoms with Gasteiger partial charge in [-0.2, -0.15) is 5.26 Å². The largest absolute Gasteiger partial charge is 0.480 e. The number of nitriles is 1. The molecular formula is C19H14N2O3S. The molecule has 0 aliphatic rings. The van der Waals surface area contributed by atoms with E-state index in [4.69, 9.17) is 0 Å². The number of carboxylic acids is 1. The summed E-state index contributed by atoms with van der Waals surface area (Å²) in [4.78, 5) is 24.4. The van der Waals surface area contributed by atoms with Crippen LogP contribution in [0.3, 0.4) is 0 Å². The van der Waals surface area contributed by atoms with Gasteiger partial charge in [0.15, 0.2) is 0 Å². The summed E-state index contributed by atoms with van der Waals surface area (Å²) in [5.41, 5.74) is 0.618. The van der Waals surface area contributed by atoms with Gasteiger partial charge in [0, 0.05) is 16.5 Å². The van der Waals surface area contributed by atoms with Gasteiger partial charge in [-0.25, -0.2) is 0 Å². The minimum atomic E-state index is -1.01. The quantitative estimate of drug-likeness (QED) is 0.729. The molecule has 0 aliphatic carbocycles. The Morgan fingerprint density at radius 2 is 1.72 bits per heavy atom. The Balaban J connectivity index is 2.43. The van der Waals surface area contributed by atoms with Gasteiger partial charge in [0.2, 0.25) is 0 Å². The highest BCUT2D eigenvalue weighted by Gasteiger charge is 2.22. The van der Waals surface area contributed by atoms with Gasteiger partial charge in [0.1, 0.15) is 16.3 Å². The maximum atomic E-state index is 13.1. The van der Waals surface area contributed by atoms with E-state index in [9.17, 15) is 20.0 Å². The van der Waals surface area contributed by atoms with Crippen LogP contribution in [0.15, 0.2) is 64.4 Å². The second kappa shape index (κ2) is 6.83. The van der Waals surface area contributed by atoms with Crippen molar-refractivity contribution in [3.63, 3.8) is 0 Å². The molecule has 0 aliphatic heterocycles. The average molecular weight is 350 g/mol. The maximum Gasteiger partial charge on any atom is 0.316 e. The Labute approximate surface area is 148 Å². The summed E-state index contributed by atoms with van der Waals surface area (Å²) in [5.74, 6) is -1.01. The molecule has 0 spiro atoms. The molecule has 1 heterocycles. The first kappa shape index (κ1) is 16.8. The zero-order valence-corrected chi connectivity index (χ0v) is 14.2. The number of rotatable bonds is 4. The normalized spacial score (nSPS) is 11.8. The number of thioether (sulfide) groups is 1. The first-order chi connectivity index (χ1) is 12.0. The van der Waals surface area contributed by atoms with Gasteiger partial charge >= 0.3 is 5.97 Å². The fraction of sp³-hybridized carbons (Fsp3) is 0.105. The Kier molecular flexibility index (Phi) is 4.59. The smallest absolute Gasteiger partial charge is 0.316 e. The molecule has 5 nitrogen and oxygen atoms in total. The zero-order valence-electron chi connectivity index (χ0n) is 13.3. The lowest BCUT2D eigenvalue weighted by atomic mass is 10.1. The molecule has 124 valence electrons. The summed E-state index contributed by atoms with van der Waals surface area (Å²) in [5, 5.41) is 19.5. The molecule has 0 radical (unpaired) electrons. The van der Waals surface area contributed by atoms with Crippen LogP contribution in [-0.2, 0) is 4.79 Å². The SMILES string of the molecule is CC(Sc1c(C#N)c2ccccc2c(=O)n1-c1ccccc1)C(=O)O. The molecule has 6 heteroatoms. The van der Waals surface area contributed by atoms with Crippen molar-refractivity contribution in [1.82, 2.24) is 4.57 Å². The molecule has 0 saturated carbocycles. The number of aliphatic carboxylic acids is 1. The van der Waals surface area contributed by atoms with Gasteiger partial charge in [-0.1, -0.05) is 48.2 Å². The van der Waals surface area contributed by atoms with Gasteiger partial charge in [0.05, 0.1) is 5.56 Å². The van der Waals surface area contributed by atoms with Crippen LogP contribution in [-0.4, -0.2) is 20.9 Å². The minimum Gasteiger partial charge on any atom is -0.480 e. The van der Waals surface area contributed by atoms with E-state index in [1.165, 1.54) is 11.5 Å². The zero-order chi connectivity index (χ0) is 18.0. The predicted molar refractivity (Wildman–Crippen MR) is 97.2 cm³/mol. The Morgan fingerprint density at radius 3 is 2.32 bits per heavy atom. The van der Waals surface area contributed by atoms with Crippen molar-refractivity contribution in [2.45, 2.75) is 17.2 Å². The minimum absolute atomic E-state index is 0.277. The third-order valence-electron chi connectivity index (χ3n) is 3.81. The molecule has 0 fully saturated rings. The van der Waals surface area contributed by atoms with Crippen LogP contribution in [0.2, 0.25) is 0 Å². The number of fused-ring (bicyclic) bond motifs is 1. The van der Waals surface area contributed by atoms with Crippen molar-refractivity contribution in [2.24, 2.45) is 0 Å². The van der Waals surface area contributed by atoms with E-state index in [1.54, 1.807) is 48.5 Å². The van der Waals surface area contributed by atoms with Gasteiger partial charge in [0.25, 0.3) is 5.56 Å². The molecular weight excluding hydrogens is 336 g/mol. The van der Waals surface area contributed by atoms with Crippen molar-refractivity contribution in [1.29, 1.82) is 5.26 Å². The fourth-order valence-corrected chi connectivity index (χ4v) is 3.58. The Morgan fingerprint density at radius 1 is 1.12 bits per heavy atom. The molecule has 1 aromatic heterocycles. The van der Waals surface area contributed by atoms with Crippen molar-refractivity contribution >= 4 is 28.5 Å². The van der Waals surface area contributed by atoms with Crippen LogP contribution in [0.25, 0.3) is 16.5 Å². The van der Waals surface area contributed by atoms with E-state index in [2.05, 4.69) is 6.07 Å². The summed E-state index contributed by atoms with van der Waals surface area (Å²) >= 11 is 0.994. The number of carbonyl (C=O) groups is 1. The summed E-state index contributed by atoms with van der Waals surface area (Å²) in [6, 6.07) is 17.9. The van der Waals surface area contributed by atoms with Gasteiger partial charge in [-0.05, 0) is 25.1 Å². The summed E-state index contributed by atoms with van der Waals surface area (Å²) in [7, 11) is 0. The molecule has 2 aromatic carbocycles. The topological polar surface area (TPSA) is 83.1 Å². The van der Waals surface area contributed by atoms with Gasteiger partial charge < -0.3 is 5.11 Å². The van der Waals surface area contributed by atoms with Crippen molar-refractivity contribution in [3.05, 3.63) is 70.5 Å². The molecule has 1 atom stereocenters.